The predicted octanol–water partition coefficient (Wildman–Crippen LogP) is 8.54. The van der Waals surface area contributed by atoms with Crippen molar-refractivity contribution in [1.82, 2.24) is 29.1 Å². The highest BCUT2D eigenvalue weighted by atomic mass is 28.4. The Morgan fingerprint density at radius 2 is 1.70 bits per heavy atom. The van der Waals surface area contributed by atoms with Gasteiger partial charge in [-0.05, 0) is 61.5 Å². The van der Waals surface area contributed by atoms with Gasteiger partial charge >= 0.3 is 6.18 Å². The molecule has 13 heteroatoms. The number of benzene rings is 1. The SMILES string of the molecule is CC(c1c(C(F)(F)F)c2ccccn2c1-c1ccccn1)n1nc(-c2cc(F)cc(O[Si](C)(C)C(C)(C)C)c2)c2c(N)ncnc21. The van der Waals surface area contributed by atoms with Crippen molar-refractivity contribution in [3.8, 4) is 28.4 Å². The third-order valence-electron chi connectivity index (χ3n) is 8.70. The Hall–Kier alpha value is -4.78. The number of aromatic nitrogens is 6. The van der Waals surface area contributed by atoms with E-state index in [1.165, 1.54) is 39.8 Å². The van der Waals surface area contributed by atoms with Crippen molar-refractivity contribution < 1.29 is 22.0 Å². The maximum atomic E-state index is 15.2. The first-order valence-corrected chi connectivity index (χ1v) is 17.6. The van der Waals surface area contributed by atoms with Crippen LogP contribution in [0.2, 0.25) is 18.1 Å². The molecule has 1 atom stereocenters. The van der Waals surface area contributed by atoms with E-state index in [4.69, 9.17) is 15.3 Å². The largest absolute Gasteiger partial charge is 0.543 e. The zero-order chi connectivity index (χ0) is 33.2. The highest BCUT2D eigenvalue weighted by molar-refractivity contribution is 6.74. The monoisotopic (exact) mass is 647 g/mol. The molecule has 2 N–H and O–H groups in total. The second kappa shape index (κ2) is 10.9. The van der Waals surface area contributed by atoms with Gasteiger partial charge in [0.25, 0.3) is 0 Å². The molecule has 0 saturated heterocycles. The van der Waals surface area contributed by atoms with E-state index in [0.29, 0.717) is 17.0 Å². The number of halogens is 4. The summed E-state index contributed by atoms with van der Waals surface area (Å²) in [5.41, 5.74) is 6.81. The number of hydrogen-bond acceptors (Lipinski definition) is 6. The van der Waals surface area contributed by atoms with Gasteiger partial charge in [-0.15, -0.1) is 0 Å². The van der Waals surface area contributed by atoms with E-state index >= 15 is 4.39 Å². The lowest BCUT2D eigenvalue weighted by molar-refractivity contribution is -0.137. The van der Waals surface area contributed by atoms with Crippen LogP contribution >= 0.6 is 0 Å². The van der Waals surface area contributed by atoms with Crippen molar-refractivity contribution in [2.75, 3.05) is 5.73 Å². The summed E-state index contributed by atoms with van der Waals surface area (Å²) in [5, 5.41) is 4.92. The van der Waals surface area contributed by atoms with Gasteiger partial charge in [0.1, 0.15) is 29.4 Å². The van der Waals surface area contributed by atoms with Gasteiger partial charge in [-0.1, -0.05) is 32.9 Å². The lowest BCUT2D eigenvalue weighted by atomic mass is 10.00. The molecule has 5 aromatic heterocycles. The molecular weight excluding hydrogens is 614 g/mol. The first kappa shape index (κ1) is 31.2. The molecule has 0 aliphatic heterocycles. The van der Waals surface area contributed by atoms with Gasteiger partial charge < -0.3 is 14.6 Å². The van der Waals surface area contributed by atoms with Crippen LogP contribution in [0.1, 0.15) is 44.9 Å². The second-order valence-corrected chi connectivity index (χ2v) is 17.5. The van der Waals surface area contributed by atoms with Gasteiger partial charge in [0.15, 0.2) is 5.65 Å². The fourth-order valence-electron chi connectivity index (χ4n) is 5.49. The minimum Gasteiger partial charge on any atom is -0.543 e. The van der Waals surface area contributed by atoms with Crippen LogP contribution in [0.3, 0.4) is 0 Å². The Labute approximate surface area is 264 Å². The molecule has 0 fully saturated rings. The minimum absolute atomic E-state index is 0.0270. The highest BCUT2D eigenvalue weighted by Crippen LogP contribution is 2.46. The first-order valence-electron chi connectivity index (χ1n) is 14.7. The summed E-state index contributed by atoms with van der Waals surface area (Å²) in [7, 11) is -2.35. The number of alkyl halides is 3. The molecule has 0 radical (unpaired) electrons. The molecule has 46 heavy (non-hydrogen) atoms. The maximum Gasteiger partial charge on any atom is 0.418 e. The van der Waals surface area contributed by atoms with Gasteiger partial charge in [0.05, 0.1) is 33.9 Å². The smallest absolute Gasteiger partial charge is 0.418 e. The number of nitrogen functional groups attached to an aromatic ring is 1. The van der Waals surface area contributed by atoms with Crippen LogP contribution in [0.25, 0.3) is 39.2 Å². The van der Waals surface area contributed by atoms with E-state index in [1.54, 1.807) is 49.5 Å². The number of nitrogens with zero attached hydrogens (tertiary/aromatic N) is 6. The molecule has 8 nitrogen and oxygen atoms in total. The summed E-state index contributed by atoms with van der Waals surface area (Å²) in [6.07, 6.45) is -0.386. The molecule has 1 unspecified atom stereocenters. The summed E-state index contributed by atoms with van der Waals surface area (Å²) in [6, 6.07) is 13.0. The molecule has 0 aliphatic carbocycles. The Kier molecular flexibility index (Phi) is 7.42. The van der Waals surface area contributed by atoms with Gasteiger partial charge in [-0.25, -0.2) is 19.0 Å². The summed E-state index contributed by atoms with van der Waals surface area (Å²) >= 11 is 0. The molecule has 0 aliphatic rings. The number of hydrogen-bond donors (Lipinski definition) is 1. The van der Waals surface area contributed by atoms with Crippen molar-refractivity contribution in [3.63, 3.8) is 0 Å². The standard InChI is InChI=1S/C33H33F4N7OSi/c1-19(25-27(33(35,36)37)24-12-8-10-14-43(24)29(25)23-11-7-9-13-39-23)44-31-26(30(38)40-18-41-31)28(42-44)20-15-21(34)17-22(16-20)45-46(5,6)32(2,3)4/h7-19H,1-6H3,(H2,38,40,41). The molecule has 1 aromatic carbocycles. The van der Waals surface area contributed by atoms with Crippen LogP contribution in [-0.4, -0.2) is 37.5 Å². The second-order valence-electron chi connectivity index (χ2n) is 12.8. The highest BCUT2D eigenvalue weighted by Gasteiger charge is 2.42. The lowest BCUT2D eigenvalue weighted by Crippen LogP contribution is -2.43. The fraction of sp³-hybridized carbons (Fsp3) is 0.273. The van der Waals surface area contributed by atoms with E-state index in [1.807, 2.05) is 0 Å². The van der Waals surface area contributed by atoms with Crippen LogP contribution < -0.4 is 10.2 Å². The average molecular weight is 648 g/mol. The lowest BCUT2D eigenvalue weighted by Gasteiger charge is -2.36. The molecule has 6 rings (SSSR count). The Bertz CT molecular complexity index is 2080. The summed E-state index contributed by atoms with van der Waals surface area (Å²) in [4.78, 5) is 13.0. The zero-order valence-electron chi connectivity index (χ0n) is 26.2. The van der Waals surface area contributed by atoms with Crippen LogP contribution in [0.4, 0.5) is 23.4 Å². The Morgan fingerprint density at radius 3 is 2.37 bits per heavy atom. The topological polar surface area (TPSA) is 96.2 Å². The average Bonchev–Trinajstić information content (AvgIpc) is 3.54. The van der Waals surface area contributed by atoms with E-state index in [0.717, 1.165) is 0 Å². The zero-order valence-corrected chi connectivity index (χ0v) is 27.2. The molecule has 0 saturated carbocycles. The van der Waals surface area contributed by atoms with Crippen LogP contribution in [0, 0.1) is 5.82 Å². The summed E-state index contributed by atoms with van der Waals surface area (Å²) < 4.78 is 69.4. The third kappa shape index (κ3) is 5.27. The van der Waals surface area contributed by atoms with Crippen LogP contribution in [0.5, 0.6) is 5.75 Å². The van der Waals surface area contributed by atoms with Crippen molar-refractivity contribution in [1.29, 1.82) is 0 Å². The summed E-state index contributed by atoms with van der Waals surface area (Å²) in [5.74, 6) is -0.186. The Morgan fingerprint density at radius 1 is 0.957 bits per heavy atom. The fourth-order valence-corrected chi connectivity index (χ4v) is 6.51. The molecule has 238 valence electrons. The normalized spacial score (nSPS) is 13.4. The third-order valence-corrected chi connectivity index (χ3v) is 13.1. The summed E-state index contributed by atoms with van der Waals surface area (Å²) in [6.45, 7) is 11.9. The molecule has 5 heterocycles. The van der Waals surface area contributed by atoms with E-state index < -0.39 is 31.9 Å². The molecule has 6 aromatic rings. The van der Waals surface area contributed by atoms with Gasteiger partial charge in [-0.3, -0.25) is 4.98 Å². The predicted molar refractivity (Wildman–Crippen MR) is 172 cm³/mol. The minimum atomic E-state index is -4.72. The first-order chi connectivity index (χ1) is 21.6. The molecular formula is C33H33F4N7OSi. The molecule has 0 amide bonds. The van der Waals surface area contributed by atoms with E-state index in [-0.39, 0.29) is 44.4 Å². The van der Waals surface area contributed by atoms with Gasteiger partial charge in [-0.2, -0.15) is 18.3 Å². The van der Waals surface area contributed by atoms with Crippen molar-refractivity contribution in [2.45, 2.75) is 58.0 Å². The Balaban J connectivity index is 1.61. The number of fused-ring (bicyclic) bond motifs is 2. The van der Waals surface area contributed by atoms with E-state index in [9.17, 15) is 13.2 Å². The van der Waals surface area contributed by atoms with Crippen molar-refractivity contribution in [2.24, 2.45) is 0 Å². The van der Waals surface area contributed by atoms with Crippen molar-refractivity contribution in [3.05, 3.63) is 90.3 Å². The van der Waals surface area contributed by atoms with Gasteiger partial charge in [0, 0.05) is 29.6 Å². The number of anilines is 1. The number of pyridine rings is 2. The maximum absolute atomic E-state index is 15.2. The van der Waals surface area contributed by atoms with Gasteiger partial charge in [0.2, 0.25) is 8.32 Å². The quantitative estimate of drug-likeness (QED) is 0.144. The van der Waals surface area contributed by atoms with Crippen LogP contribution in [0.15, 0.2) is 73.3 Å². The van der Waals surface area contributed by atoms with E-state index in [2.05, 4.69) is 48.8 Å². The van der Waals surface area contributed by atoms with Crippen molar-refractivity contribution >= 4 is 30.7 Å². The molecule has 0 bridgehead atoms. The van der Waals surface area contributed by atoms with Crippen LogP contribution in [-0.2, 0) is 6.18 Å². The number of rotatable bonds is 6. The number of nitrogens with two attached hydrogens (primary N) is 1. The molecule has 0 spiro atoms.